The first-order valence-electron chi connectivity index (χ1n) is 12.1. The summed E-state index contributed by atoms with van der Waals surface area (Å²) < 4.78 is 1.68. The van der Waals surface area contributed by atoms with Crippen molar-refractivity contribution >= 4 is 69.5 Å². The molecule has 4 N–H and O–H groups in total. The fraction of sp³-hybridized carbons (Fsp3) is 0.375. The maximum Gasteiger partial charge on any atom is 0.352 e. The molecule has 0 aromatic carbocycles. The van der Waals surface area contributed by atoms with E-state index >= 15 is 0 Å². The number of nitrogens with zero attached hydrogens (tertiary/aromatic N) is 4. The number of fused-ring (bicyclic) bond motifs is 2. The standard InChI is InChI=1S/C24H24N6O7S3/c1-37-28-17(13-10-40-24(25)26-13)20(33)27-18-21(34)30-19(23(35)36)11(9-39-22(18)30)8-38-15-5-6-29(7-16(31)32)14-4-2-3-12(14)15/h5-6,10,18,22H,2-4,7-9H2,1H3,(H4-,25,26,27,31,32,33,35,36)/b28-17-/t18-,22-/m1/s1. The molecule has 2 aromatic heterocycles. The number of hydrogen-bond donors (Lipinski definition) is 3. The zero-order valence-electron chi connectivity index (χ0n) is 21.1. The summed E-state index contributed by atoms with van der Waals surface area (Å²) in [5.41, 5.74) is 8.23. The van der Waals surface area contributed by atoms with Crippen LogP contribution in [0.15, 0.2) is 39.0 Å². The van der Waals surface area contributed by atoms with Gasteiger partial charge in [0, 0.05) is 39.8 Å². The Kier molecular flexibility index (Phi) is 8.00. The van der Waals surface area contributed by atoms with Crippen LogP contribution in [-0.2, 0) is 43.4 Å². The second-order valence-corrected chi connectivity index (χ2v) is 12.1. The Morgan fingerprint density at radius 1 is 1.40 bits per heavy atom. The van der Waals surface area contributed by atoms with Crippen LogP contribution in [0.2, 0.25) is 0 Å². The third-order valence-electron chi connectivity index (χ3n) is 6.64. The highest BCUT2D eigenvalue weighted by Gasteiger charge is 2.54. The highest BCUT2D eigenvalue weighted by Crippen LogP contribution is 2.42. The van der Waals surface area contributed by atoms with Crippen molar-refractivity contribution < 1.29 is 38.8 Å². The molecule has 2 amide bonds. The Hall–Kier alpha value is -3.63. The molecule has 0 unspecified atom stereocenters. The van der Waals surface area contributed by atoms with Crippen LogP contribution >= 0.6 is 34.9 Å². The van der Waals surface area contributed by atoms with Gasteiger partial charge in [-0.1, -0.05) is 5.16 Å². The molecule has 1 saturated heterocycles. The molecule has 13 nitrogen and oxygen atoms in total. The van der Waals surface area contributed by atoms with Gasteiger partial charge in [0.25, 0.3) is 11.8 Å². The second-order valence-electron chi connectivity index (χ2n) is 9.06. The first-order valence-corrected chi connectivity index (χ1v) is 15.0. The van der Waals surface area contributed by atoms with E-state index in [1.165, 1.54) is 40.9 Å². The van der Waals surface area contributed by atoms with Gasteiger partial charge in [-0.05, 0) is 18.4 Å². The van der Waals surface area contributed by atoms with Crippen molar-refractivity contribution in [2.75, 3.05) is 24.3 Å². The average molecular weight is 605 g/mol. The molecule has 0 saturated carbocycles. The second kappa shape index (κ2) is 11.5. The van der Waals surface area contributed by atoms with Crippen molar-refractivity contribution in [1.82, 2.24) is 15.2 Å². The molecule has 2 aromatic rings. The van der Waals surface area contributed by atoms with Crippen molar-refractivity contribution in [1.29, 1.82) is 0 Å². The fourth-order valence-corrected chi connectivity index (χ4v) is 8.08. The third-order valence-corrected chi connectivity index (χ3v) is 9.84. The van der Waals surface area contributed by atoms with Crippen LogP contribution in [0, 0.1) is 0 Å². The topological polar surface area (TPSA) is 191 Å². The van der Waals surface area contributed by atoms with Crippen LogP contribution < -0.4 is 20.7 Å². The number of nitrogens with two attached hydrogens (primary N) is 1. The third kappa shape index (κ3) is 5.25. The minimum absolute atomic E-state index is 0.0793. The number of thioether (sulfide) groups is 2. The number of carbonyl (C=O) groups is 4. The maximum absolute atomic E-state index is 13.1. The molecule has 2 aliphatic heterocycles. The number of nitrogens with one attached hydrogen (secondary N) is 1. The van der Waals surface area contributed by atoms with Crippen molar-refractivity contribution in [2.45, 2.75) is 42.1 Å². The molecule has 5 rings (SSSR count). The van der Waals surface area contributed by atoms with Gasteiger partial charge in [0.2, 0.25) is 0 Å². The molecule has 2 atom stereocenters. The minimum atomic E-state index is -1.22. The molecule has 40 heavy (non-hydrogen) atoms. The number of carboxylic acid groups (broad SMARTS) is 2. The number of β-lactam (4-membered cyclic amide) rings is 1. The summed E-state index contributed by atoms with van der Waals surface area (Å²) in [5.74, 6) is -2.91. The summed E-state index contributed by atoms with van der Waals surface area (Å²) in [5, 5.41) is 28.7. The van der Waals surface area contributed by atoms with Gasteiger partial charge >= 0.3 is 5.97 Å². The highest BCUT2D eigenvalue weighted by molar-refractivity contribution is 8.01. The molecule has 16 heteroatoms. The average Bonchev–Trinajstić information content (AvgIpc) is 3.58. The highest BCUT2D eigenvalue weighted by atomic mass is 32.2. The lowest BCUT2D eigenvalue weighted by atomic mass is 10.0. The van der Waals surface area contributed by atoms with E-state index in [-0.39, 0.29) is 28.8 Å². The van der Waals surface area contributed by atoms with E-state index in [4.69, 9.17) is 10.6 Å². The Labute approximate surface area is 240 Å². The summed E-state index contributed by atoms with van der Waals surface area (Å²) in [7, 11) is 1.27. The Morgan fingerprint density at radius 2 is 2.20 bits per heavy atom. The SMILES string of the molecule is CO/N=C(\C(=O)N[C@@H]1C(=O)N2C(C(=O)O)=C(CSc3cc[n+](CC(=O)[O-])c4c3CCC4)CS[C@H]12)c1csc(N)n1. The number of oxime groups is 1. The van der Waals surface area contributed by atoms with Gasteiger partial charge in [-0.3, -0.25) is 14.5 Å². The number of carbonyl (C=O) groups excluding carboxylic acids is 3. The van der Waals surface area contributed by atoms with E-state index in [0.29, 0.717) is 17.1 Å². The number of rotatable bonds is 10. The molecule has 0 spiro atoms. The molecule has 4 heterocycles. The van der Waals surface area contributed by atoms with Gasteiger partial charge in [-0.15, -0.1) is 34.9 Å². The van der Waals surface area contributed by atoms with Gasteiger partial charge in [-0.25, -0.2) is 9.78 Å². The first-order chi connectivity index (χ1) is 19.2. The van der Waals surface area contributed by atoms with Gasteiger partial charge < -0.3 is 30.9 Å². The molecule has 0 radical (unpaired) electrons. The van der Waals surface area contributed by atoms with Crippen molar-refractivity contribution in [2.24, 2.45) is 5.16 Å². The zero-order valence-corrected chi connectivity index (χ0v) is 23.6. The number of amides is 2. The molecular formula is C24H24N6O7S3. The molecular weight excluding hydrogens is 581 g/mol. The van der Waals surface area contributed by atoms with Crippen LogP contribution in [0.3, 0.4) is 0 Å². The predicted octanol–water partition coefficient (Wildman–Crippen LogP) is -0.867. The predicted molar refractivity (Wildman–Crippen MR) is 144 cm³/mol. The Morgan fingerprint density at radius 3 is 2.88 bits per heavy atom. The monoisotopic (exact) mass is 604 g/mol. The van der Waals surface area contributed by atoms with Crippen LogP contribution in [-0.4, -0.2) is 74.5 Å². The number of carboxylic acids is 2. The van der Waals surface area contributed by atoms with Gasteiger partial charge in [0.05, 0.1) is 0 Å². The minimum Gasteiger partial charge on any atom is -0.544 e. The molecule has 1 aliphatic carbocycles. The number of aromatic nitrogens is 2. The van der Waals surface area contributed by atoms with E-state index in [9.17, 15) is 29.4 Å². The van der Waals surface area contributed by atoms with Crippen LogP contribution in [0.25, 0.3) is 0 Å². The van der Waals surface area contributed by atoms with E-state index in [0.717, 1.165) is 46.8 Å². The molecule has 0 bridgehead atoms. The van der Waals surface area contributed by atoms with Gasteiger partial charge in [0.15, 0.2) is 29.3 Å². The van der Waals surface area contributed by atoms with E-state index in [1.807, 2.05) is 6.07 Å². The van der Waals surface area contributed by atoms with E-state index in [1.54, 1.807) is 10.8 Å². The lowest BCUT2D eigenvalue weighted by molar-refractivity contribution is -0.698. The number of nitrogen functional groups attached to an aromatic ring is 1. The Balaban J connectivity index is 1.31. The summed E-state index contributed by atoms with van der Waals surface area (Å²) in [6.07, 6.45) is 4.19. The largest absolute Gasteiger partial charge is 0.544 e. The summed E-state index contributed by atoms with van der Waals surface area (Å²) >= 11 is 3.95. The fourth-order valence-electron chi connectivity index (χ4n) is 4.94. The lowest BCUT2D eigenvalue weighted by Crippen LogP contribution is -2.71. The Bertz CT molecular complexity index is 1470. The van der Waals surface area contributed by atoms with Crippen molar-refractivity contribution in [3.05, 3.63) is 45.9 Å². The normalized spacial score (nSPS) is 20.1. The smallest absolute Gasteiger partial charge is 0.352 e. The number of hydrogen-bond acceptors (Lipinski definition) is 12. The van der Waals surface area contributed by atoms with Gasteiger partial charge in [-0.2, -0.15) is 4.57 Å². The maximum atomic E-state index is 13.1. The lowest BCUT2D eigenvalue weighted by Gasteiger charge is -2.49. The van der Waals surface area contributed by atoms with E-state index < -0.39 is 35.2 Å². The van der Waals surface area contributed by atoms with Crippen LogP contribution in [0.5, 0.6) is 0 Å². The van der Waals surface area contributed by atoms with E-state index in [2.05, 4.69) is 15.5 Å². The number of thiazole rings is 1. The zero-order chi connectivity index (χ0) is 28.6. The number of pyridine rings is 1. The number of anilines is 1. The van der Waals surface area contributed by atoms with Crippen LogP contribution in [0.4, 0.5) is 5.13 Å². The molecule has 3 aliphatic rings. The van der Waals surface area contributed by atoms with Gasteiger partial charge in [0.1, 0.15) is 35.9 Å². The quantitative estimate of drug-likeness (QED) is 0.100. The van der Waals surface area contributed by atoms with Crippen molar-refractivity contribution in [3.8, 4) is 0 Å². The summed E-state index contributed by atoms with van der Waals surface area (Å²) in [4.78, 5) is 60.4. The summed E-state index contributed by atoms with van der Waals surface area (Å²) in [6.45, 7) is -0.217. The van der Waals surface area contributed by atoms with Crippen molar-refractivity contribution in [3.63, 3.8) is 0 Å². The first kappa shape index (κ1) is 27.9. The number of aliphatic carboxylic acids is 2. The van der Waals surface area contributed by atoms with Crippen LogP contribution in [0.1, 0.15) is 23.4 Å². The summed E-state index contributed by atoms with van der Waals surface area (Å²) in [6, 6.07) is 0.892. The molecule has 1 fully saturated rings. The molecule has 210 valence electrons.